The standard InChI is InChI=1S/C16H15FN4O2S/c1-21-15(8-10-19-21)24(22,23)20-16(14-7-2-3-9-18-14)12-5-4-6-13(17)11-12/h2-11,16,20H,1H3. The second-order valence-electron chi connectivity index (χ2n) is 5.16. The van der Waals surface area contributed by atoms with Crippen LogP contribution in [0.4, 0.5) is 4.39 Å². The molecule has 3 rings (SSSR count). The van der Waals surface area contributed by atoms with Crippen LogP contribution in [0.25, 0.3) is 0 Å². The molecule has 0 spiro atoms. The molecule has 0 amide bonds. The predicted octanol–water partition coefficient (Wildman–Crippen LogP) is 2.02. The van der Waals surface area contributed by atoms with Gasteiger partial charge in [0.1, 0.15) is 5.82 Å². The summed E-state index contributed by atoms with van der Waals surface area (Å²) >= 11 is 0. The van der Waals surface area contributed by atoms with Gasteiger partial charge in [0, 0.05) is 13.2 Å². The third-order valence-electron chi connectivity index (χ3n) is 3.49. The molecule has 0 aliphatic carbocycles. The van der Waals surface area contributed by atoms with Crippen LogP contribution in [0.15, 0.2) is 66.0 Å². The van der Waals surface area contributed by atoms with E-state index in [-0.39, 0.29) is 5.03 Å². The van der Waals surface area contributed by atoms with E-state index in [1.807, 2.05) is 0 Å². The Balaban J connectivity index is 2.05. The van der Waals surface area contributed by atoms with E-state index < -0.39 is 21.9 Å². The number of rotatable bonds is 5. The summed E-state index contributed by atoms with van der Waals surface area (Å²) in [7, 11) is -2.33. The van der Waals surface area contributed by atoms with Crippen molar-refractivity contribution >= 4 is 10.0 Å². The number of pyridine rings is 1. The number of sulfonamides is 1. The van der Waals surface area contributed by atoms with E-state index in [1.54, 1.807) is 30.5 Å². The van der Waals surface area contributed by atoms with Crippen molar-refractivity contribution in [1.82, 2.24) is 19.5 Å². The third-order valence-corrected chi connectivity index (χ3v) is 4.99. The molecule has 0 fully saturated rings. The molecule has 1 aromatic carbocycles. The molecule has 124 valence electrons. The van der Waals surface area contributed by atoms with Crippen molar-refractivity contribution in [3.05, 3.63) is 78.0 Å². The predicted molar refractivity (Wildman–Crippen MR) is 86.0 cm³/mol. The van der Waals surface area contributed by atoms with Crippen LogP contribution in [0.3, 0.4) is 0 Å². The third kappa shape index (κ3) is 3.34. The van der Waals surface area contributed by atoms with Crippen molar-refractivity contribution in [2.75, 3.05) is 0 Å². The Morgan fingerprint density at radius 2 is 1.96 bits per heavy atom. The van der Waals surface area contributed by atoms with Gasteiger partial charge in [-0.15, -0.1) is 0 Å². The van der Waals surface area contributed by atoms with Gasteiger partial charge >= 0.3 is 0 Å². The molecule has 6 nitrogen and oxygen atoms in total. The van der Waals surface area contributed by atoms with Gasteiger partial charge in [-0.2, -0.15) is 9.82 Å². The van der Waals surface area contributed by atoms with Crippen molar-refractivity contribution in [2.24, 2.45) is 7.05 Å². The molecule has 0 aliphatic heterocycles. The van der Waals surface area contributed by atoms with Crippen LogP contribution in [-0.4, -0.2) is 23.2 Å². The monoisotopic (exact) mass is 346 g/mol. The number of aromatic nitrogens is 3. The quantitative estimate of drug-likeness (QED) is 0.767. The zero-order valence-electron chi connectivity index (χ0n) is 12.8. The summed E-state index contributed by atoms with van der Waals surface area (Å²) in [5.41, 5.74) is 0.924. The van der Waals surface area contributed by atoms with Crippen molar-refractivity contribution in [3.8, 4) is 0 Å². The molecule has 2 heterocycles. The maximum atomic E-state index is 13.6. The van der Waals surface area contributed by atoms with E-state index in [2.05, 4.69) is 14.8 Å². The number of benzene rings is 1. The molecule has 3 aromatic rings. The summed E-state index contributed by atoms with van der Waals surface area (Å²) in [6, 6.07) is 11.5. The van der Waals surface area contributed by atoms with Crippen LogP contribution in [0, 0.1) is 5.82 Å². The fraction of sp³-hybridized carbons (Fsp3) is 0.125. The number of hydrogen-bond donors (Lipinski definition) is 1. The largest absolute Gasteiger partial charge is 0.259 e. The Bertz CT molecular complexity index is 941. The van der Waals surface area contributed by atoms with Crippen molar-refractivity contribution in [1.29, 1.82) is 0 Å². The maximum absolute atomic E-state index is 13.6. The van der Waals surface area contributed by atoms with Gasteiger partial charge in [-0.1, -0.05) is 18.2 Å². The first-order valence-electron chi connectivity index (χ1n) is 7.14. The first-order chi connectivity index (χ1) is 11.5. The highest BCUT2D eigenvalue weighted by atomic mass is 32.2. The minimum absolute atomic E-state index is 0.0137. The fourth-order valence-electron chi connectivity index (χ4n) is 2.37. The molecule has 0 radical (unpaired) electrons. The lowest BCUT2D eigenvalue weighted by Gasteiger charge is -2.19. The second kappa shape index (κ2) is 6.50. The van der Waals surface area contributed by atoms with Crippen molar-refractivity contribution in [2.45, 2.75) is 11.1 Å². The highest BCUT2D eigenvalue weighted by Crippen LogP contribution is 2.23. The van der Waals surface area contributed by atoms with Gasteiger partial charge in [0.2, 0.25) is 0 Å². The van der Waals surface area contributed by atoms with Crippen LogP contribution >= 0.6 is 0 Å². The molecule has 0 bridgehead atoms. The van der Waals surface area contributed by atoms with Crippen LogP contribution in [-0.2, 0) is 17.1 Å². The molecule has 0 aliphatic rings. The molecular weight excluding hydrogens is 331 g/mol. The van der Waals surface area contributed by atoms with E-state index in [0.29, 0.717) is 11.3 Å². The van der Waals surface area contributed by atoms with Gasteiger partial charge in [0.25, 0.3) is 10.0 Å². The Morgan fingerprint density at radius 1 is 1.12 bits per heavy atom. The molecule has 0 saturated carbocycles. The maximum Gasteiger partial charge on any atom is 0.258 e. The second-order valence-corrected chi connectivity index (χ2v) is 6.82. The normalized spacial score (nSPS) is 12.9. The van der Waals surface area contributed by atoms with E-state index >= 15 is 0 Å². The summed E-state index contributed by atoms with van der Waals surface area (Å²) < 4.78 is 42.8. The average molecular weight is 346 g/mol. The lowest BCUT2D eigenvalue weighted by atomic mass is 10.0. The minimum Gasteiger partial charge on any atom is -0.259 e. The van der Waals surface area contributed by atoms with Crippen LogP contribution in [0.1, 0.15) is 17.3 Å². The molecule has 1 unspecified atom stereocenters. The van der Waals surface area contributed by atoms with Crippen molar-refractivity contribution in [3.63, 3.8) is 0 Å². The van der Waals surface area contributed by atoms with Gasteiger partial charge in [-0.25, -0.2) is 12.8 Å². The SMILES string of the molecule is Cn1nccc1S(=O)(=O)NC(c1cccc(F)c1)c1ccccn1. The van der Waals surface area contributed by atoms with Gasteiger partial charge in [-0.05, 0) is 35.9 Å². The summed E-state index contributed by atoms with van der Waals surface area (Å²) in [4.78, 5) is 4.20. The zero-order valence-corrected chi connectivity index (χ0v) is 13.6. The van der Waals surface area contributed by atoms with Crippen molar-refractivity contribution < 1.29 is 12.8 Å². The highest BCUT2D eigenvalue weighted by molar-refractivity contribution is 7.89. The van der Waals surface area contributed by atoms with Crippen LogP contribution in [0.2, 0.25) is 0 Å². The van der Waals surface area contributed by atoms with Gasteiger partial charge in [-0.3, -0.25) is 9.67 Å². The first kappa shape index (κ1) is 16.3. The Labute approximate surface area is 139 Å². The number of hydrogen-bond acceptors (Lipinski definition) is 4. The summed E-state index contributed by atoms with van der Waals surface area (Å²) in [6.45, 7) is 0. The van der Waals surface area contributed by atoms with Crippen LogP contribution < -0.4 is 4.72 Å². The molecule has 1 N–H and O–H groups in total. The lowest BCUT2D eigenvalue weighted by molar-refractivity contribution is 0.551. The topological polar surface area (TPSA) is 76.9 Å². The van der Waals surface area contributed by atoms with E-state index in [9.17, 15) is 12.8 Å². The molecule has 24 heavy (non-hydrogen) atoms. The number of nitrogens with zero attached hydrogens (tertiary/aromatic N) is 3. The summed E-state index contributed by atoms with van der Waals surface area (Å²) in [6.07, 6.45) is 2.95. The minimum atomic E-state index is -3.87. The molecule has 0 saturated heterocycles. The molecule has 8 heteroatoms. The van der Waals surface area contributed by atoms with Gasteiger partial charge in [0.15, 0.2) is 5.03 Å². The molecule has 2 aromatic heterocycles. The summed E-state index contributed by atoms with van der Waals surface area (Å²) in [5.74, 6) is -0.451. The lowest BCUT2D eigenvalue weighted by Crippen LogP contribution is -2.31. The van der Waals surface area contributed by atoms with Gasteiger partial charge < -0.3 is 0 Å². The Hall–Kier alpha value is -2.58. The Morgan fingerprint density at radius 3 is 2.58 bits per heavy atom. The molecule has 1 atom stereocenters. The highest BCUT2D eigenvalue weighted by Gasteiger charge is 2.26. The Kier molecular flexibility index (Phi) is 4.41. The summed E-state index contributed by atoms with van der Waals surface area (Å²) in [5, 5.41) is 3.89. The molecular formula is C16H15FN4O2S. The average Bonchev–Trinajstić information content (AvgIpc) is 3.00. The first-order valence-corrected chi connectivity index (χ1v) is 8.62. The van der Waals surface area contributed by atoms with Crippen LogP contribution in [0.5, 0.6) is 0 Å². The van der Waals surface area contributed by atoms with E-state index in [0.717, 1.165) is 0 Å². The zero-order chi connectivity index (χ0) is 17.2. The van der Waals surface area contributed by atoms with Gasteiger partial charge in [0.05, 0.1) is 17.9 Å². The smallest absolute Gasteiger partial charge is 0.258 e. The number of nitrogens with one attached hydrogen (secondary N) is 1. The van der Waals surface area contributed by atoms with E-state index in [4.69, 9.17) is 0 Å². The van der Waals surface area contributed by atoms with E-state index in [1.165, 1.54) is 42.2 Å². The number of halogens is 1. The fourth-order valence-corrected chi connectivity index (χ4v) is 3.70. The number of aryl methyl sites for hydroxylation is 1.